The standard InChI is InChI=1S/C14H10Br2ClNO2/c1-20-11-2-3-12(17)13(7-11)18-14(19)8-4-9(15)6-10(16)5-8/h2-7H,1H3,(H,18,19). The monoisotopic (exact) mass is 417 g/mol. The number of methoxy groups -OCH3 is 1. The number of benzene rings is 2. The Morgan fingerprint density at radius 3 is 2.40 bits per heavy atom. The Kier molecular flexibility index (Phi) is 5.07. The molecule has 6 heteroatoms. The van der Waals surface area contributed by atoms with Crippen LogP contribution >= 0.6 is 43.5 Å². The maximum atomic E-state index is 12.2. The first-order chi connectivity index (χ1) is 9.49. The first kappa shape index (κ1) is 15.4. The molecule has 0 atom stereocenters. The van der Waals surface area contributed by atoms with Gasteiger partial charge in [0.2, 0.25) is 0 Å². The van der Waals surface area contributed by atoms with Gasteiger partial charge in [-0.05, 0) is 30.3 Å². The lowest BCUT2D eigenvalue weighted by molar-refractivity contribution is 0.102. The van der Waals surface area contributed by atoms with Crippen molar-refractivity contribution in [3.8, 4) is 5.75 Å². The van der Waals surface area contributed by atoms with E-state index in [1.807, 2.05) is 6.07 Å². The molecule has 1 amide bonds. The van der Waals surface area contributed by atoms with Gasteiger partial charge in [-0.15, -0.1) is 0 Å². The molecule has 0 saturated carbocycles. The summed E-state index contributed by atoms with van der Waals surface area (Å²) in [5.41, 5.74) is 1.03. The van der Waals surface area contributed by atoms with Crippen molar-refractivity contribution >= 4 is 55.1 Å². The van der Waals surface area contributed by atoms with Crippen LogP contribution in [-0.2, 0) is 0 Å². The summed E-state index contributed by atoms with van der Waals surface area (Å²) in [6.07, 6.45) is 0. The van der Waals surface area contributed by atoms with Gasteiger partial charge >= 0.3 is 0 Å². The number of anilines is 1. The molecule has 3 nitrogen and oxygen atoms in total. The first-order valence-corrected chi connectivity index (χ1v) is 7.57. The summed E-state index contributed by atoms with van der Waals surface area (Å²) < 4.78 is 6.74. The largest absolute Gasteiger partial charge is 0.497 e. The quantitative estimate of drug-likeness (QED) is 0.749. The minimum absolute atomic E-state index is 0.248. The number of hydrogen-bond acceptors (Lipinski definition) is 2. The predicted molar refractivity (Wildman–Crippen MR) is 87.8 cm³/mol. The van der Waals surface area contributed by atoms with Gasteiger partial charge in [0, 0.05) is 20.6 Å². The lowest BCUT2D eigenvalue weighted by Gasteiger charge is -2.09. The highest BCUT2D eigenvalue weighted by atomic mass is 79.9. The summed E-state index contributed by atoms with van der Waals surface area (Å²) in [6.45, 7) is 0. The second-order valence-corrected chi connectivity index (χ2v) is 6.20. The van der Waals surface area contributed by atoms with Crippen LogP contribution in [0.5, 0.6) is 5.75 Å². The van der Waals surface area contributed by atoms with Gasteiger partial charge in [-0.1, -0.05) is 43.5 Å². The van der Waals surface area contributed by atoms with Gasteiger partial charge in [0.25, 0.3) is 5.91 Å². The van der Waals surface area contributed by atoms with E-state index in [4.69, 9.17) is 16.3 Å². The van der Waals surface area contributed by atoms with E-state index < -0.39 is 0 Å². The first-order valence-electron chi connectivity index (χ1n) is 5.60. The Morgan fingerprint density at radius 1 is 1.15 bits per heavy atom. The number of ether oxygens (including phenoxy) is 1. The maximum Gasteiger partial charge on any atom is 0.255 e. The van der Waals surface area contributed by atoms with Crippen LogP contribution in [0.3, 0.4) is 0 Å². The smallest absolute Gasteiger partial charge is 0.255 e. The number of hydrogen-bond donors (Lipinski definition) is 1. The third-order valence-corrected chi connectivity index (χ3v) is 3.79. The zero-order chi connectivity index (χ0) is 14.7. The number of nitrogens with one attached hydrogen (secondary N) is 1. The molecule has 0 radical (unpaired) electrons. The van der Waals surface area contributed by atoms with Crippen LogP contribution < -0.4 is 10.1 Å². The van der Waals surface area contributed by atoms with Crippen molar-refractivity contribution in [3.05, 3.63) is 55.9 Å². The van der Waals surface area contributed by atoms with Crippen molar-refractivity contribution in [1.29, 1.82) is 0 Å². The molecule has 0 aliphatic carbocycles. The van der Waals surface area contributed by atoms with Gasteiger partial charge in [0.15, 0.2) is 0 Å². The molecule has 0 fully saturated rings. The van der Waals surface area contributed by atoms with E-state index in [0.29, 0.717) is 22.0 Å². The maximum absolute atomic E-state index is 12.2. The van der Waals surface area contributed by atoms with Gasteiger partial charge in [0.1, 0.15) is 5.75 Å². The average Bonchev–Trinajstić information content (AvgIpc) is 2.40. The molecule has 0 aromatic heterocycles. The third-order valence-electron chi connectivity index (χ3n) is 2.55. The van der Waals surface area contributed by atoms with Crippen molar-refractivity contribution in [2.24, 2.45) is 0 Å². The zero-order valence-electron chi connectivity index (χ0n) is 10.4. The zero-order valence-corrected chi connectivity index (χ0v) is 14.3. The van der Waals surface area contributed by atoms with E-state index in [2.05, 4.69) is 37.2 Å². The van der Waals surface area contributed by atoms with Crippen LogP contribution in [0.15, 0.2) is 45.3 Å². The second-order valence-electron chi connectivity index (χ2n) is 3.96. The van der Waals surface area contributed by atoms with Crippen molar-refractivity contribution in [2.45, 2.75) is 0 Å². The van der Waals surface area contributed by atoms with Crippen LogP contribution in [0.25, 0.3) is 0 Å². The van der Waals surface area contributed by atoms with Gasteiger partial charge in [-0.3, -0.25) is 4.79 Å². The van der Waals surface area contributed by atoms with E-state index in [9.17, 15) is 4.79 Å². The highest BCUT2D eigenvalue weighted by molar-refractivity contribution is 9.11. The number of rotatable bonds is 3. The summed E-state index contributed by atoms with van der Waals surface area (Å²) in [7, 11) is 1.56. The van der Waals surface area contributed by atoms with E-state index in [0.717, 1.165) is 8.95 Å². The van der Waals surface area contributed by atoms with Crippen LogP contribution in [-0.4, -0.2) is 13.0 Å². The molecular weight excluding hydrogens is 409 g/mol. The van der Waals surface area contributed by atoms with Crippen molar-refractivity contribution in [2.75, 3.05) is 12.4 Å². The SMILES string of the molecule is COc1ccc(Cl)c(NC(=O)c2cc(Br)cc(Br)c2)c1. The summed E-state index contributed by atoms with van der Waals surface area (Å²) in [6, 6.07) is 10.4. The molecule has 0 aliphatic heterocycles. The van der Waals surface area contributed by atoms with Crippen molar-refractivity contribution < 1.29 is 9.53 Å². The van der Waals surface area contributed by atoms with Crippen LogP contribution in [0.1, 0.15) is 10.4 Å². The molecular formula is C14H10Br2ClNO2. The average molecular weight is 420 g/mol. The number of carbonyl (C=O) groups excluding carboxylic acids is 1. The highest BCUT2D eigenvalue weighted by Gasteiger charge is 2.11. The Bertz CT molecular complexity index is 641. The molecule has 104 valence electrons. The lowest BCUT2D eigenvalue weighted by Crippen LogP contribution is -2.12. The van der Waals surface area contributed by atoms with E-state index in [1.54, 1.807) is 37.4 Å². The molecule has 2 rings (SSSR count). The van der Waals surface area contributed by atoms with Crippen molar-refractivity contribution in [3.63, 3.8) is 0 Å². The molecule has 20 heavy (non-hydrogen) atoms. The Labute approximate surface area is 138 Å². The minimum atomic E-state index is -0.248. The molecule has 0 bridgehead atoms. The molecule has 0 heterocycles. The lowest BCUT2D eigenvalue weighted by atomic mass is 10.2. The third kappa shape index (κ3) is 3.75. The van der Waals surface area contributed by atoms with E-state index in [1.165, 1.54) is 0 Å². The molecule has 1 N–H and O–H groups in total. The van der Waals surface area contributed by atoms with Crippen molar-refractivity contribution in [1.82, 2.24) is 0 Å². The summed E-state index contributed by atoms with van der Waals surface area (Å²) in [5, 5.41) is 3.22. The van der Waals surface area contributed by atoms with Gasteiger partial charge in [0.05, 0.1) is 17.8 Å². The van der Waals surface area contributed by atoms with Gasteiger partial charge < -0.3 is 10.1 Å². The normalized spacial score (nSPS) is 10.2. The fraction of sp³-hybridized carbons (Fsp3) is 0.0714. The highest BCUT2D eigenvalue weighted by Crippen LogP contribution is 2.28. The van der Waals surface area contributed by atoms with Crippen LogP contribution in [0, 0.1) is 0 Å². The fourth-order valence-corrected chi connectivity index (χ4v) is 3.07. The number of carbonyl (C=O) groups is 1. The molecule has 0 unspecified atom stereocenters. The summed E-state index contributed by atoms with van der Waals surface area (Å²) in [5.74, 6) is 0.377. The Hall–Kier alpha value is -1.04. The summed E-state index contributed by atoms with van der Waals surface area (Å²) >= 11 is 12.8. The fourth-order valence-electron chi connectivity index (χ4n) is 1.61. The molecule has 2 aromatic carbocycles. The molecule has 0 aliphatic rings. The molecule has 0 spiro atoms. The van der Waals surface area contributed by atoms with Gasteiger partial charge in [-0.25, -0.2) is 0 Å². The van der Waals surface area contributed by atoms with E-state index >= 15 is 0 Å². The Morgan fingerprint density at radius 2 is 1.80 bits per heavy atom. The Balaban J connectivity index is 2.27. The molecule has 2 aromatic rings. The van der Waals surface area contributed by atoms with Gasteiger partial charge in [-0.2, -0.15) is 0 Å². The summed E-state index contributed by atoms with van der Waals surface area (Å²) in [4.78, 5) is 12.2. The van der Waals surface area contributed by atoms with Crippen LogP contribution in [0.2, 0.25) is 5.02 Å². The topological polar surface area (TPSA) is 38.3 Å². The number of amides is 1. The minimum Gasteiger partial charge on any atom is -0.497 e. The molecule has 0 saturated heterocycles. The predicted octanol–water partition coefficient (Wildman–Crippen LogP) is 5.13. The van der Waals surface area contributed by atoms with E-state index in [-0.39, 0.29) is 5.91 Å². The van der Waals surface area contributed by atoms with Crippen LogP contribution in [0.4, 0.5) is 5.69 Å². The second kappa shape index (κ2) is 6.61. The number of halogens is 3.